The summed E-state index contributed by atoms with van der Waals surface area (Å²) in [4.78, 5) is 17.8. The predicted molar refractivity (Wildman–Crippen MR) is 88.3 cm³/mol. The molecule has 6 heteroatoms. The first-order valence-corrected chi connectivity index (χ1v) is 8.17. The van der Waals surface area contributed by atoms with Gasteiger partial charge in [-0.3, -0.25) is 4.79 Å². The van der Waals surface area contributed by atoms with Gasteiger partial charge in [0.15, 0.2) is 5.65 Å². The number of nitrogens with one attached hydrogen (secondary N) is 1. The Morgan fingerprint density at radius 3 is 3.00 bits per heavy atom. The third kappa shape index (κ3) is 3.01. The summed E-state index contributed by atoms with van der Waals surface area (Å²) in [7, 11) is 0. The predicted octanol–water partition coefficient (Wildman–Crippen LogP) is 3.05. The van der Waals surface area contributed by atoms with Crippen molar-refractivity contribution in [1.29, 1.82) is 0 Å². The molecule has 0 saturated heterocycles. The molecule has 0 saturated carbocycles. The van der Waals surface area contributed by atoms with Crippen LogP contribution in [0.3, 0.4) is 0 Å². The van der Waals surface area contributed by atoms with Crippen LogP contribution in [0.1, 0.15) is 35.1 Å². The molecule has 0 atom stereocenters. The van der Waals surface area contributed by atoms with Crippen molar-refractivity contribution in [3.63, 3.8) is 0 Å². The Morgan fingerprint density at radius 1 is 1.41 bits per heavy atom. The van der Waals surface area contributed by atoms with Gasteiger partial charge >= 0.3 is 0 Å². The minimum absolute atomic E-state index is 0.0942. The van der Waals surface area contributed by atoms with Crippen molar-refractivity contribution in [2.75, 3.05) is 6.54 Å². The first-order valence-electron chi connectivity index (χ1n) is 7.29. The highest BCUT2D eigenvalue weighted by atomic mass is 32.1. The molecule has 0 aliphatic rings. The van der Waals surface area contributed by atoms with Crippen LogP contribution in [-0.4, -0.2) is 27.2 Å². The molecule has 0 aliphatic carbocycles. The van der Waals surface area contributed by atoms with Gasteiger partial charge in [0, 0.05) is 29.0 Å². The van der Waals surface area contributed by atoms with Crippen LogP contribution in [0.2, 0.25) is 0 Å². The molecule has 1 amide bonds. The summed E-state index contributed by atoms with van der Waals surface area (Å²) >= 11 is 1.70. The second-order valence-electron chi connectivity index (χ2n) is 5.40. The van der Waals surface area contributed by atoms with Crippen LogP contribution < -0.4 is 5.32 Å². The number of rotatable bonds is 5. The Labute approximate surface area is 133 Å². The van der Waals surface area contributed by atoms with Crippen LogP contribution in [0.25, 0.3) is 11.0 Å². The van der Waals surface area contributed by atoms with E-state index < -0.39 is 0 Å². The van der Waals surface area contributed by atoms with Crippen molar-refractivity contribution in [3.8, 4) is 0 Å². The lowest BCUT2D eigenvalue weighted by molar-refractivity contribution is 0.0954. The first kappa shape index (κ1) is 14.7. The van der Waals surface area contributed by atoms with Crippen LogP contribution in [0.15, 0.2) is 36.0 Å². The standard InChI is InChI=1S/C16H18N4OS/c1-11(2)20-15-12(10-19-20)8-13(9-18-15)16(21)17-6-5-14-4-3-7-22-14/h3-4,7-11H,5-6H2,1-2H3,(H,17,21). The summed E-state index contributed by atoms with van der Waals surface area (Å²) in [5.74, 6) is -0.0942. The lowest BCUT2D eigenvalue weighted by Gasteiger charge is -2.07. The number of carbonyl (C=O) groups is 1. The Bertz CT molecular complexity index is 777. The molecule has 0 aliphatic heterocycles. The molecule has 0 fully saturated rings. The van der Waals surface area contributed by atoms with E-state index in [1.807, 2.05) is 22.2 Å². The van der Waals surface area contributed by atoms with Crippen molar-refractivity contribution >= 4 is 28.3 Å². The van der Waals surface area contributed by atoms with Gasteiger partial charge in [0.1, 0.15) is 0 Å². The molecular weight excluding hydrogens is 296 g/mol. The molecule has 0 bridgehead atoms. The van der Waals surface area contributed by atoms with Crippen molar-refractivity contribution < 1.29 is 4.79 Å². The van der Waals surface area contributed by atoms with E-state index in [0.717, 1.165) is 17.5 Å². The lowest BCUT2D eigenvalue weighted by Crippen LogP contribution is -2.25. The quantitative estimate of drug-likeness (QED) is 0.787. The molecular formula is C16H18N4OS. The summed E-state index contributed by atoms with van der Waals surface area (Å²) in [5, 5.41) is 10.2. The smallest absolute Gasteiger partial charge is 0.252 e. The molecule has 114 valence electrons. The Balaban J connectivity index is 1.68. The van der Waals surface area contributed by atoms with Gasteiger partial charge in [-0.1, -0.05) is 6.07 Å². The number of hydrogen-bond donors (Lipinski definition) is 1. The maximum absolute atomic E-state index is 12.2. The van der Waals surface area contributed by atoms with Crippen molar-refractivity contribution in [2.24, 2.45) is 0 Å². The summed E-state index contributed by atoms with van der Waals surface area (Å²) in [6.45, 7) is 4.74. The van der Waals surface area contributed by atoms with Crippen LogP contribution >= 0.6 is 11.3 Å². The van der Waals surface area contributed by atoms with Crippen molar-refractivity contribution in [3.05, 3.63) is 46.4 Å². The number of pyridine rings is 1. The second-order valence-corrected chi connectivity index (χ2v) is 6.44. The van der Waals surface area contributed by atoms with Crippen molar-refractivity contribution in [1.82, 2.24) is 20.1 Å². The second kappa shape index (κ2) is 6.27. The Kier molecular flexibility index (Phi) is 4.20. The summed E-state index contributed by atoms with van der Waals surface area (Å²) in [5.41, 5.74) is 1.38. The van der Waals surface area contributed by atoms with Gasteiger partial charge in [-0.15, -0.1) is 11.3 Å². The summed E-state index contributed by atoms with van der Waals surface area (Å²) in [6, 6.07) is 6.18. The molecule has 3 aromatic rings. The summed E-state index contributed by atoms with van der Waals surface area (Å²) < 4.78 is 1.85. The van der Waals surface area contributed by atoms with E-state index in [4.69, 9.17) is 0 Å². The maximum Gasteiger partial charge on any atom is 0.252 e. The van der Waals surface area contributed by atoms with Gasteiger partial charge in [-0.05, 0) is 37.8 Å². The molecule has 0 unspecified atom stereocenters. The normalized spacial score (nSPS) is 11.2. The van der Waals surface area contributed by atoms with E-state index in [-0.39, 0.29) is 11.9 Å². The van der Waals surface area contributed by atoms with Crippen molar-refractivity contribution in [2.45, 2.75) is 26.3 Å². The number of carbonyl (C=O) groups excluding carboxylic acids is 1. The zero-order chi connectivity index (χ0) is 15.5. The topological polar surface area (TPSA) is 59.8 Å². The zero-order valence-electron chi connectivity index (χ0n) is 12.6. The Hall–Kier alpha value is -2.21. The molecule has 22 heavy (non-hydrogen) atoms. The molecule has 3 aromatic heterocycles. The van der Waals surface area contributed by atoms with E-state index in [0.29, 0.717) is 12.1 Å². The minimum atomic E-state index is -0.0942. The molecule has 1 N–H and O–H groups in total. The fourth-order valence-electron chi connectivity index (χ4n) is 2.30. The zero-order valence-corrected chi connectivity index (χ0v) is 13.4. The summed E-state index contributed by atoms with van der Waals surface area (Å²) in [6.07, 6.45) is 4.22. The van der Waals surface area contributed by atoms with Gasteiger partial charge in [-0.25, -0.2) is 9.67 Å². The highest BCUT2D eigenvalue weighted by molar-refractivity contribution is 7.09. The molecule has 0 spiro atoms. The molecule has 0 aromatic carbocycles. The number of hydrogen-bond acceptors (Lipinski definition) is 4. The third-order valence-electron chi connectivity index (χ3n) is 3.42. The molecule has 0 radical (unpaired) electrons. The third-order valence-corrected chi connectivity index (χ3v) is 4.36. The van der Waals surface area contributed by atoms with Gasteiger partial charge < -0.3 is 5.32 Å². The monoisotopic (exact) mass is 314 g/mol. The lowest BCUT2D eigenvalue weighted by atomic mass is 10.2. The average molecular weight is 314 g/mol. The number of fused-ring (bicyclic) bond motifs is 1. The SMILES string of the molecule is CC(C)n1ncc2cc(C(=O)NCCc3cccs3)cnc21. The highest BCUT2D eigenvalue weighted by Crippen LogP contribution is 2.16. The van der Waals surface area contributed by atoms with E-state index >= 15 is 0 Å². The molecule has 3 rings (SSSR count). The van der Waals surface area contributed by atoms with Crippen LogP contribution in [0.5, 0.6) is 0 Å². The first-order chi connectivity index (χ1) is 10.6. The number of nitrogens with zero attached hydrogens (tertiary/aromatic N) is 3. The number of aromatic nitrogens is 3. The fraction of sp³-hybridized carbons (Fsp3) is 0.312. The number of thiophene rings is 1. The average Bonchev–Trinajstić information content (AvgIpc) is 3.15. The van der Waals surface area contributed by atoms with E-state index in [9.17, 15) is 4.79 Å². The molecule has 3 heterocycles. The van der Waals surface area contributed by atoms with Crippen LogP contribution in [-0.2, 0) is 6.42 Å². The number of amides is 1. The largest absolute Gasteiger partial charge is 0.352 e. The fourth-order valence-corrected chi connectivity index (χ4v) is 3.01. The van der Waals surface area contributed by atoms with E-state index in [1.165, 1.54) is 4.88 Å². The van der Waals surface area contributed by atoms with Gasteiger partial charge in [0.25, 0.3) is 5.91 Å². The van der Waals surface area contributed by atoms with Gasteiger partial charge in [-0.2, -0.15) is 5.10 Å². The van der Waals surface area contributed by atoms with Crippen LogP contribution in [0.4, 0.5) is 0 Å². The minimum Gasteiger partial charge on any atom is -0.352 e. The van der Waals surface area contributed by atoms with E-state index in [2.05, 4.69) is 35.3 Å². The van der Waals surface area contributed by atoms with Gasteiger partial charge in [0.2, 0.25) is 0 Å². The van der Waals surface area contributed by atoms with Gasteiger partial charge in [0.05, 0.1) is 11.8 Å². The van der Waals surface area contributed by atoms with Crippen LogP contribution in [0, 0.1) is 0 Å². The van der Waals surface area contributed by atoms with E-state index in [1.54, 1.807) is 23.7 Å². The Morgan fingerprint density at radius 2 is 2.27 bits per heavy atom. The maximum atomic E-state index is 12.2. The highest BCUT2D eigenvalue weighted by Gasteiger charge is 2.11. The molecule has 5 nitrogen and oxygen atoms in total.